The number of nitriles is 1. The van der Waals surface area contributed by atoms with Crippen LogP contribution in [-0.4, -0.2) is 66.3 Å². The van der Waals surface area contributed by atoms with E-state index in [0.717, 1.165) is 25.2 Å². The highest BCUT2D eigenvalue weighted by atomic mass is 16.2. The summed E-state index contributed by atoms with van der Waals surface area (Å²) in [5, 5.41) is 17.7. The maximum atomic E-state index is 13.2. The monoisotopic (exact) mass is 430 g/mol. The van der Waals surface area contributed by atoms with Gasteiger partial charge in [-0.1, -0.05) is 12.2 Å². The lowest BCUT2D eigenvalue weighted by Gasteiger charge is -2.37. The molecule has 1 aliphatic heterocycles. The van der Waals surface area contributed by atoms with Crippen molar-refractivity contribution in [3.63, 3.8) is 0 Å². The normalized spacial score (nSPS) is 18.6. The summed E-state index contributed by atoms with van der Waals surface area (Å²) in [5.74, 6) is 0.117. The summed E-state index contributed by atoms with van der Waals surface area (Å²) in [4.78, 5) is 32.2. The Kier molecular flexibility index (Phi) is 4.86. The summed E-state index contributed by atoms with van der Waals surface area (Å²) in [6.07, 6.45) is 9.97. The Balaban J connectivity index is 1.30. The van der Waals surface area contributed by atoms with Gasteiger partial charge in [-0.05, 0) is 31.6 Å². The summed E-state index contributed by atoms with van der Waals surface area (Å²) in [6, 6.07) is 5.69. The highest BCUT2D eigenvalue weighted by Crippen LogP contribution is 2.21. The zero-order chi connectivity index (χ0) is 22.2. The fraction of sp³-hybridized carbons (Fsp3) is 0.318. The fourth-order valence-electron chi connectivity index (χ4n) is 4.14. The summed E-state index contributed by atoms with van der Waals surface area (Å²) in [5.41, 5.74) is 2.39. The number of aromatic amines is 1. The molecule has 0 bridgehead atoms. The molecule has 32 heavy (non-hydrogen) atoms. The Hall–Kier alpha value is -4.13. The van der Waals surface area contributed by atoms with Crippen molar-refractivity contribution in [3.05, 3.63) is 70.1 Å². The zero-order valence-corrected chi connectivity index (χ0v) is 17.6. The number of piperazine rings is 1. The molecule has 4 heterocycles. The minimum absolute atomic E-state index is 0.0521. The summed E-state index contributed by atoms with van der Waals surface area (Å²) in [6.45, 7) is 4.44. The molecular formula is C22H22N8O2. The molecule has 1 unspecified atom stereocenters. The summed E-state index contributed by atoms with van der Waals surface area (Å²) >= 11 is 0. The van der Waals surface area contributed by atoms with E-state index in [9.17, 15) is 9.59 Å². The Bertz CT molecular complexity index is 1340. The molecular weight excluding hydrogens is 408 g/mol. The van der Waals surface area contributed by atoms with Crippen LogP contribution >= 0.6 is 0 Å². The molecule has 0 aromatic carbocycles. The minimum Gasteiger partial charge on any atom is -0.368 e. The molecule has 1 amide bonds. The van der Waals surface area contributed by atoms with Crippen LogP contribution in [0.3, 0.4) is 0 Å². The van der Waals surface area contributed by atoms with Gasteiger partial charge >= 0.3 is 0 Å². The number of fused-ring (bicyclic) bond motifs is 1. The number of aromatic nitrogens is 5. The summed E-state index contributed by atoms with van der Waals surface area (Å²) in [7, 11) is 0. The van der Waals surface area contributed by atoms with Gasteiger partial charge < -0.3 is 9.80 Å². The number of hydrogen-bond donors (Lipinski definition) is 1. The second-order valence-corrected chi connectivity index (χ2v) is 7.91. The predicted molar refractivity (Wildman–Crippen MR) is 116 cm³/mol. The molecule has 1 atom stereocenters. The molecule has 3 aromatic rings. The third kappa shape index (κ3) is 3.37. The molecule has 2 aliphatic rings. The Labute approximate surface area is 183 Å². The average molecular weight is 430 g/mol. The maximum Gasteiger partial charge on any atom is 0.276 e. The van der Waals surface area contributed by atoms with Crippen LogP contribution in [0.2, 0.25) is 0 Å². The highest BCUT2D eigenvalue weighted by Gasteiger charge is 2.26. The van der Waals surface area contributed by atoms with Crippen LogP contribution in [0.1, 0.15) is 22.5 Å². The van der Waals surface area contributed by atoms with Crippen LogP contribution in [0.25, 0.3) is 11.5 Å². The maximum absolute atomic E-state index is 13.2. The van der Waals surface area contributed by atoms with Crippen molar-refractivity contribution in [1.82, 2.24) is 34.2 Å². The van der Waals surface area contributed by atoms with E-state index in [1.54, 1.807) is 25.3 Å². The van der Waals surface area contributed by atoms with Crippen molar-refractivity contribution in [1.29, 1.82) is 5.26 Å². The number of nitrogens with zero attached hydrogens (tertiary/aromatic N) is 7. The first-order valence-corrected chi connectivity index (χ1v) is 10.5. The van der Waals surface area contributed by atoms with E-state index < -0.39 is 0 Å². The molecule has 5 rings (SSSR count). The first-order chi connectivity index (χ1) is 15.5. The van der Waals surface area contributed by atoms with E-state index in [4.69, 9.17) is 5.26 Å². The van der Waals surface area contributed by atoms with Gasteiger partial charge in [0.1, 0.15) is 5.52 Å². The van der Waals surface area contributed by atoms with E-state index in [1.807, 2.05) is 17.1 Å². The Morgan fingerprint density at radius 2 is 2.09 bits per heavy atom. The van der Waals surface area contributed by atoms with Crippen LogP contribution in [0.15, 0.2) is 53.2 Å². The van der Waals surface area contributed by atoms with Gasteiger partial charge in [-0.3, -0.25) is 14.6 Å². The van der Waals surface area contributed by atoms with Gasteiger partial charge in [0.05, 0.1) is 29.4 Å². The molecule has 1 saturated heterocycles. The van der Waals surface area contributed by atoms with Crippen LogP contribution in [0.5, 0.6) is 0 Å². The largest absolute Gasteiger partial charge is 0.368 e. The standard InChI is InChI=1S/C22H22N8O2/c1-15-18(14-24-30(15)22-25-20(31)19-3-2-8-29(19)26-22)21(32)28-11-9-27(10-12-28)17-6-4-16(13-23)5-7-17/h2-4,6-8,14,16H,5,9-12H2,1H3,(H,25,26,31). The Morgan fingerprint density at radius 3 is 2.81 bits per heavy atom. The van der Waals surface area contributed by atoms with Crippen molar-refractivity contribution in [3.8, 4) is 12.0 Å². The van der Waals surface area contributed by atoms with E-state index in [2.05, 4.69) is 32.2 Å². The van der Waals surface area contributed by atoms with E-state index in [1.165, 1.54) is 15.4 Å². The molecule has 162 valence electrons. The third-order valence-electron chi connectivity index (χ3n) is 6.01. The molecule has 0 spiro atoms. The second kappa shape index (κ2) is 7.85. The molecule has 10 heteroatoms. The smallest absolute Gasteiger partial charge is 0.276 e. The highest BCUT2D eigenvalue weighted by molar-refractivity contribution is 5.95. The average Bonchev–Trinajstić information content (AvgIpc) is 3.45. The number of rotatable bonds is 3. The quantitative estimate of drug-likeness (QED) is 0.669. The first kappa shape index (κ1) is 19.8. The number of carbonyl (C=O) groups is 1. The van der Waals surface area contributed by atoms with Crippen molar-refractivity contribution < 1.29 is 4.79 Å². The molecule has 3 aromatic heterocycles. The van der Waals surface area contributed by atoms with Gasteiger partial charge in [-0.25, -0.2) is 9.20 Å². The van der Waals surface area contributed by atoms with Gasteiger partial charge in [0, 0.05) is 38.1 Å². The van der Waals surface area contributed by atoms with Crippen LogP contribution in [0.4, 0.5) is 0 Å². The van der Waals surface area contributed by atoms with Gasteiger partial charge in [-0.2, -0.15) is 10.4 Å². The van der Waals surface area contributed by atoms with Gasteiger partial charge in [0.25, 0.3) is 11.5 Å². The van der Waals surface area contributed by atoms with Gasteiger partial charge in [0.2, 0.25) is 5.95 Å². The second-order valence-electron chi connectivity index (χ2n) is 7.91. The number of hydrogen-bond acceptors (Lipinski definition) is 6. The first-order valence-electron chi connectivity index (χ1n) is 10.5. The minimum atomic E-state index is -0.272. The fourth-order valence-corrected chi connectivity index (χ4v) is 4.14. The van der Waals surface area contributed by atoms with E-state index in [-0.39, 0.29) is 23.3 Å². The number of nitrogens with one attached hydrogen (secondary N) is 1. The van der Waals surface area contributed by atoms with Crippen molar-refractivity contribution in [2.24, 2.45) is 5.92 Å². The lowest BCUT2D eigenvalue weighted by atomic mass is 10.0. The molecule has 10 nitrogen and oxygen atoms in total. The lowest BCUT2D eigenvalue weighted by molar-refractivity contribution is 0.0671. The van der Waals surface area contributed by atoms with Crippen LogP contribution < -0.4 is 5.56 Å². The number of allylic oxidation sites excluding steroid dienone is 3. The predicted octanol–water partition coefficient (Wildman–Crippen LogP) is 1.26. The van der Waals surface area contributed by atoms with Crippen LogP contribution in [-0.2, 0) is 0 Å². The van der Waals surface area contributed by atoms with Crippen molar-refractivity contribution in [2.75, 3.05) is 26.2 Å². The third-order valence-corrected chi connectivity index (χ3v) is 6.01. The van der Waals surface area contributed by atoms with E-state index in [0.29, 0.717) is 29.9 Å². The molecule has 1 N–H and O–H groups in total. The number of carbonyl (C=O) groups excluding carboxylic acids is 1. The molecule has 0 saturated carbocycles. The SMILES string of the molecule is Cc1c(C(=O)N2CCN(C3=CCC(C#N)C=C3)CC2)cnn1-c1nn2cccc2c(=O)[nH]1. The van der Waals surface area contributed by atoms with Gasteiger partial charge in [-0.15, -0.1) is 5.10 Å². The van der Waals surface area contributed by atoms with Gasteiger partial charge in [0.15, 0.2) is 0 Å². The number of amides is 1. The Morgan fingerprint density at radius 1 is 1.28 bits per heavy atom. The summed E-state index contributed by atoms with van der Waals surface area (Å²) < 4.78 is 2.97. The van der Waals surface area contributed by atoms with Crippen LogP contribution in [0, 0.1) is 24.2 Å². The molecule has 1 aliphatic carbocycles. The van der Waals surface area contributed by atoms with Crippen molar-refractivity contribution >= 4 is 11.4 Å². The molecule has 0 radical (unpaired) electrons. The molecule has 1 fully saturated rings. The lowest BCUT2D eigenvalue weighted by Crippen LogP contribution is -2.48. The zero-order valence-electron chi connectivity index (χ0n) is 17.6. The topological polar surface area (TPSA) is 115 Å². The van der Waals surface area contributed by atoms with Crippen molar-refractivity contribution in [2.45, 2.75) is 13.3 Å². The van der Waals surface area contributed by atoms with E-state index >= 15 is 0 Å². The number of H-pyrrole nitrogens is 1.